The highest BCUT2D eigenvalue weighted by Crippen LogP contribution is 2.30. The van der Waals surface area contributed by atoms with E-state index < -0.39 is 0 Å². The van der Waals surface area contributed by atoms with Crippen molar-refractivity contribution >= 4 is 49.0 Å². The van der Waals surface area contributed by atoms with Crippen LogP contribution in [-0.4, -0.2) is 5.78 Å². The molecule has 0 atom stereocenters. The van der Waals surface area contributed by atoms with E-state index in [0.29, 0.717) is 5.56 Å². The fraction of sp³-hybridized carbons (Fsp3) is 0.0833. The van der Waals surface area contributed by atoms with Crippen LogP contribution in [0.2, 0.25) is 0 Å². The SMILES string of the molecule is Cc1cc(C(=O)c2ccccc2Br)sc1Br. The Balaban J connectivity index is 2.43. The minimum Gasteiger partial charge on any atom is -0.288 e. The zero-order chi connectivity index (χ0) is 11.7. The van der Waals surface area contributed by atoms with Gasteiger partial charge in [-0.2, -0.15) is 0 Å². The Labute approximate surface area is 115 Å². The van der Waals surface area contributed by atoms with Gasteiger partial charge in [0.1, 0.15) is 0 Å². The number of halogens is 2. The Morgan fingerprint density at radius 2 is 1.94 bits per heavy atom. The average Bonchev–Trinajstić information content (AvgIpc) is 2.59. The normalized spacial score (nSPS) is 10.4. The molecule has 1 aromatic carbocycles. The molecule has 0 N–H and O–H groups in total. The topological polar surface area (TPSA) is 17.1 Å². The maximum Gasteiger partial charge on any atom is 0.204 e. The van der Waals surface area contributed by atoms with Crippen LogP contribution in [0.4, 0.5) is 0 Å². The summed E-state index contributed by atoms with van der Waals surface area (Å²) in [7, 11) is 0. The number of benzene rings is 1. The van der Waals surface area contributed by atoms with E-state index in [2.05, 4.69) is 31.9 Å². The zero-order valence-electron chi connectivity index (χ0n) is 8.46. The largest absolute Gasteiger partial charge is 0.288 e. The molecule has 0 fully saturated rings. The van der Waals surface area contributed by atoms with Crippen molar-refractivity contribution < 1.29 is 4.79 Å². The molecule has 1 aromatic heterocycles. The Bertz CT molecular complexity index is 526. The predicted octanol–water partition coefficient (Wildman–Crippen LogP) is 4.81. The Hall–Kier alpha value is -0.450. The van der Waals surface area contributed by atoms with Gasteiger partial charge in [0.15, 0.2) is 0 Å². The first-order chi connectivity index (χ1) is 7.59. The smallest absolute Gasteiger partial charge is 0.204 e. The summed E-state index contributed by atoms with van der Waals surface area (Å²) in [6, 6.07) is 9.39. The van der Waals surface area contributed by atoms with E-state index in [1.165, 1.54) is 11.3 Å². The first kappa shape index (κ1) is 12.0. The summed E-state index contributed by atoms with van der Waals surface area (Å²) in [6.45, 7) is 1.98. The maximum atomic E-state index is 12.2. The molecule has 0 saturated heterocycles. The quantitative estimate of drug-likeness (QED) is 0.703. The van der Waals surface area contributed by atoms with Crippen molar-refractivity contribution in [2.45, 2.75) is 6.92 Å². The number of rotatable bonds is 2. The molecule has 82 valence electrons. The Morgan fingerprint density at radius 3 is 2.50 bits per heavy atom. The highest BCUT2D eigenvalue weighted by molar-refractivity contribution is 9.11. The molecular weight excluding hydrogens is 352 g/mol. The van der Waals surface area contributed by atoms with Crippen LogP contribution in [0.15, 0.2) is 38.6 Å². The number of thiophene rings is 1. The van der Waals surface area contributed by atoms with E-state index in [1.807, 2.05) is 37.3 Å². The van der Waals surface area contributed by atoms with Crippen molar-refractivity contribution in [3.05, 3.63) is 54.6 Å². The summed E-state index contributed by atoms with van der Waals surface area (Å²) in [4.78, 5) is 13.0. The first-order valence-electron chi connectivity index (χ1n) is 4.65. The monoisotopic (exact) mass is 358 g/mol. The summed E-state index contributed by atoms with van der Waals surface area (Å²) in [6.07, 6.45) is 0. The summed E-state index contributed by atoms with van der Waals surface area (Å²) >= 11 is 8.29. The molecule has 0 radical (unpaired) electrons. The third-order valence-corrected chi connectivity index (χ3v) is 5.03. The van der Waals surface area contributed by atoms with Crippen molar-refractivity contribution in [3.63, 3.8) is 0 Å². The molecule has 4 heteroatoms. The lowest BCUT2D eigenvalue weighted by Crippen LogP contribution is -1.99. The van der Waals surface area contributed by atoms with Gasteiger partial charge in [-0.05, 0) is 46.6 Å². The van der Waals surface area contributed by atoms with Crippen LogP contribution in [0, 0.1) is 6.92 Å². The van der Waals surface area contributed by atoms with Gasteiger partial charge in [0.2, 0.25) is 5.78 Å². The van der Waals surface area contributed by atoms with Crippen molar-refractivity contribution in [1.29, 1.82) is 0 Å². The predicted molar refractivity (Wildman–Crippen MR) is 74.3 cm³/mol. The van der Waals surface area contributed by atoms with Gasteiger partial charge in [-0.25, -0.2) is 0 Å². The molecule has 1 heterocycles. The van der Waals surface area contributed by atoms with E-state index in [9.17, 15) is 4.79 Å². The van der Waals surface area contributed by atoms with Gasteiger partial charge in [-0.3, -0.25) is 4.79 Å². The molecule has 0 aliphatic carbocycles. The van der Waals surface area contributed by atoms with Gasteiger partial charge in [-0.15, -0.1) is 11.3 Å². The molecule has 0 unspecified atom stereocenters. The van der Waals surface area contributed by atoms with Crippen LogP contribution in [0.25, 0.3) is 0 Å². The molecule has 0 amide bonds. The lowest BCUT2D eigenvalue weighted by Gasteiger charge is -2.00. The first-order valence-corrected chi connectivity index (χ1v) is 7.05. The van der Waals surface area contributed by atoms with Crippen LogP contribution in [-0.2, 0) is 0 Å². The molecule has 16 heavy (non-hydrogen) atoms. The van der Waals surface area contributed by atoms with Gasteiger partial charge in [0, 0.05) is 10.0 Å². The third kappa shape index (κ3) is 2.29. The van der Waals surface area contributed by atoms with E-state index in [4.69, 9.17) is 0 Å². The molecule has 0 spiro atoms. The molecule has 2 aromatic rings. The van der Waals surface area contributed by atoms with Crippen molar-refractivity contribution in [1.82, 2.24) is 0 Å². The van der Waals surface area contributed by atoms with Gasteiger partial charge >= 0.3 is 0 Å². The number of hydrogen-bond acceptors (Lipinski definition) is 2. The minimum atomic E-state index is 0.0614. The molecular formula is C12H8Br2OS. The van der Waals surface area contributed by atoms with E-state index >= 15 is 0 Å². The van der Waals surface area contributed by atoms with E-state index in [0.717, 1.165) is 18.7 Å². The second-order valence-corrected chi connectivity index (χ2v) is 6.60. The van der Waals surface area contributed by atoms with Crippen molar-refractivity contribution in [2.75, 3.05) is 0 Å². The average molecular weight is 360 g/mol. The second-order valence-electron chi connectivity index (χ2n) is 3.38. The van der Waals surface area contributed by atoms with E-state index in [-0.39, 0.29) is 5.78 Å². The maximum absolute atomic E-state index is 12.2. The third-order valence-electron chi connectivity index (χ3n) is 2.20. The molecule has 0 aliphatic rings. The number of ketones is 1. The fourth-order valence-electron chi connectivity index (χ4n) is 1.35. The number of carbonyl (C=O) groups excluding carboxylic acids is 1. The van der Waals surface area contributed by atoms with Crippen LogP contribution in [0.1, 0.15) is 20.8 Å². The molecule has 2 rings (SSSR count). The highest BCUT2D eigenvalue weighted by Gasteiger charge is 2.15. The molecule has 0 saturated carbocycles. The Morgan fingerprint density at radius 1 is 1.25 bits per heavy atom. The summed E-state index contributed by atoms with van der Waals surface area (Å²) < 4.78 is 1.85. The highest BCUT2D eigenvalue weighted by atomic mass is 79.9. The molecule has 0 aliphatic heterocycles. The number of aryl methyl sites for hydroxylation is 1. The summed E-state index contributed by atoms with van der Waals surface area (Å²) in [5, 5.41) is 0. The summed E-state index contributed by atoms with van der Waals surface area (Å²) in [5.41, 5.74) is 1.80. The summed E-state index contributed by atoms with van der Waals surface area (Å²) in [5.74, 6) is 0.0614. The number of carbonyl (C=O) groups is 1. The lowest BCUT2D eigenvalue weighted by atomic mass is 10.1. The Kier molecular flexibility index (Phi) is 3.62. The lowest BCUT2D eigenvalue weighted by molar-refractivity contribution is 0.104. The van der Waals surface area contributed by atoms with Crippen LogP contribution in [0.3, 0.4) is 0 Å². The van der Waals surface area contributed by atoms with Gasteiger partial charge in [0.05, 0.1) is 8.66 Å². The minimum absolute atomic E-state index is 0.0614. The van der Waals surface area contributed by atoms with Crippen LogP contribution in [0.5, 0.6) is 0 Å². The standard InChI is InChI=1S/C12H8Br2OS/c1-7-6-10(16-12(7)14)11(15)8-4-2-3-5-9(8)13/h2-6H,1H3. The van der Waals surface area contributed by atoms with E-state index in [1.54, 1.807) is 0 Å². The van der Waals surface area contributed by atoms with Crippen LogP contribution < -0.4 is 0 Å². The second kappa shape index (κ2) is 4.82. The van der Waals surface area contributed by atoms with Crippen LogP contribution >= 0.6 is 43.2 Å². The van der Waals surface area contributed by atoms with Crippen molar-refractivity contribution in [2.24, 2.45) is 0 Å². The molecule has 0 bridgehead atoms. The zero-order valence-corrected chi connectivity index (χ0v) is 12.4. The van der Waals surface area contributed by atoms with Gasteiger partial charge in [-0.1, -0.05) is 28.1 Å². The number of hydrogen-bond donors (Lipinski definition) is 0. The van der Waals surface area contributed by atoms with Crippen molar-refractivity contribution in [3.8, 4) is 0 Å². The molecule has 1 nitrogen and oxygen atoms in total. The van der Waals surface area contributed by atoms with Gasteiger partial charge in [0.25, 0.3) is 0 Å². The fourth-order valence-corrected chi connectivity index (χ4v) is 3.30. The van der Waals surface area contributed by atoms with Gasteiger partial charge < -0.3 is 0 Å².